The lowest BCUT2D eigenvalue weighted by atomic mass is 9.94. The zero-order chi connectivity index (χ0) is 12.5. The molecule has 0 aliphatic carbocycles. The molecule has 3 heterocycles. The van der Waals surface area contributed by atoms with Crippen LogP contribution in [0.25, 0.3) is 0 Å². The van der Waals surface area contributed by atoms with E-state index < -0.39 is 0 Å². The maximum Gasteiger partial charge on any atom is 0.289 e. The Balaban J connectivity index is 1.70. The summed E-state index contributed by atoms with van der Waals surface area (Å²) < 4.78 is 5.55. The molecule has 2 unspecified atom stereocenters. The average molecular weight is 248 g/mol. The minimum absolute atomic E-state index is 0.0471. The number of amides is 1. The van der Waals surface area contributed by atoms with Gasteiger partial charge in [0, 0.05) is 25.6 Å². The molecular weight excluding hydrogens is 228 g/mol. The van der Waals surface area contributed by atoms with E-state index >= 15 is 0 Å². The van der Waals surface area contributed by atoms with Crippen LogP contribution in [0.15, 0.2) is 16.5 Å². The van der Waals surface area contributed by atoms with Crippen molar-refractivity contribution in [2.24, 2.45) is 5.92 Å². The summed E-state index contributed by atoms with van der Waals surface area (Å²) in [4.78, 5) is 14.3. The Morgan fingerprint density at radius 1 is 1.50 bits per heavy atom. The molecule has 0 radical (unpaired) electrons. The normalized spacial score (nSPS) is 27.3. The van der Waals surface area contributed by atoms with Gasteiger partial charge in [-0.15, -0.1) is 0 Å². The maximum atomic E-state index is 12.3. The van der Waals surface area contributed by atoms with E-state index in [1.54, 1.807) is 6.07 Å². The molecular formula is C14H20N2O2. The fourth-order valence-electron chi connectivity index (χ4n) is 3.05. The summed E-state index contributed by atoms with van der Waals surface area (Å²) in [7, 11) is 0. The number of furan rings is 1. The fourth-order valence-corrected chi connectivity index (χ4v) is 3.05. The monoisotopic (exact) mass is 248 g/mol. The third kappa shape index (κ3) is 2.05. The number of likely N-dealkylation sites (tertiary alicyclic amines) is 1. The Bertz CT molecular complexity index is 427. The third-order valence-corrected chi connectivity index (χ3v) is 4.11. The Morgan fingerprint density at radius 3 is 3.11 bits per heavy atom. The number of nitrogens with zero attached hydrogens (tertiary/aromatic N) is 1. The number of hydrogen-bond acceptors (Lipinski definition) is 3. The molecule has 0 aromatic carbocycles. The molecule has 0 saturated carbocycles. The second-order valence-corrected chi connectivity index (χ2v) is 5.29. The number of nitrogens with one attached hydrogen (secondary N) is 1. The number of fused-ring (bicyclic) bond motifs is 1. The number of aryl methyl sites for hydroxylation is 1. The highest BCUT2D eigenvalue weighted by atomic mass is 16.4. The van der Waals surface area contributed by atoms with Crippen molar-refractivity contribution in [2.75, 3.05) is 19.6 Å². The van der Waals surface area contributed by atoms with E-state index in [0.717, 1.165) is 31.8 Å². The molecule has 1 aromatic heterocycles. The average Bonchev–Trinajstić information content (AvgIpc) is 3.04. The van der Waals surface area contributed by atoms with E-state index in [2.05, 4.69) is 5.32 Å². The van der Waals surface area contributed by atoms with Crippen LogP contribution < -0.4 is 5.32 Å². The number of carbonyl (C=O) groups is 1. The van der Waals surface area contributed by atoms with Crippen LogP contribution in [-0.4, -0.2) is 36.5 Å². The van der Waals surface area contributed by atoms with Crippen LogP contribution in [-0.2, 0) is 6.42 Å². The summed E-state index contributed by atoms with van der Waals surface area (Å²) in [5.74, 6) is 2.05. The zero-order valence-electron chi connectivity index (χ0n) is 10.8. The standard InChI is InChI=1S/C14H20N2O2/c1-2-11-5-6-13(18-11)14(17)16-8-10-4-3-7-15-12(10)9-16/h5-6,10,12,15H,2-4,7-9H2,1H3. The second-order valence-electron chi connectivity index (χ2n) is 5.29. The van der Waals surface area contributed by atoms with Crippen LogP contribution in [0, 0.1) is 5.92 Å². The van der Waals surface area contributed by atoms with Crippen LogP contribution in [0.5, 0.6) is 0 Å². The first-order valence-electron chi connectivity index (χ1n) is 6.89. The first kappa shape index (κ1) is 11.8. The number of rotatable bonds is 2. The molecule has 2 fully saturated rings. The maximum absolute atomic E-state index is 12.3. The first-order valence-corrected chi connectivity index (χ1v) is 6.89. The molecule has 4 nitrogen and oxygen atoms in total. The van der Waals surface area contributed by atoms with Crippen molar-refractivity contribution >= 4 is 5.91 Å². The molecule has 3 rings (SSSR count). The van der Waals surface area contributed by atoms with Crippen molar-refractivity contribution in [1.29, 1.82) is 0 Å². The van der Waals surface area contributed by atoms with Crippen LogP contribution in [0.1, 0.15) is 36.1 Å². The van der Waals surface area contributed by atoms with Crippen LogP contribution in [0.2, 0.25) is 0 Å². The van der Waals surface area contributed by atoms with Crippen molar-refractivity contribution in [1.82, 2.24) is 10.2 Å². The van der Waals surface area contributed by atoms with Crippen molar-refractivity contribution in [3.05, 3.63) is 23.7 Å². The molecule has 4 heteroatoms. The van der Waals surface area contributed by atoms with Gasteiger partial charge in [0.1, 0.15) is 5.76 Å². The minimum Gasteiger partial charge on any atom is -0.456 e. The first-order chi connectivity index (χ1) is 8.78. The highest BCUT2D eigenvalue weighted by Crippen LogP contribution is 2.26. The lowest BCUT2D eigenvalue weighted by molar-refractivity contribution is 0.0752. The fraction of sp³-hybridized carbons (Fsp3) is 0.643. The highest BCUT2D eigenvalue weighted by molar-refractivity contribution is 5.91. The highest BCUT2D eigenvalue weighted by Gasteiger charge is 2.37. The summed E-state index contributed by atoms with van der Waals surface area (Å²) in [5.41, 5.74) is 0. The number of hydrogen-bond donors (Lipinski definition) is 1. The SMILES string of the molecule is CCc1ccc(C(=O)N2CC3CCCNC3C2)o1. The molecule has 1 N–H and O–H groups in total. The van der Waals surface area contributed by atoms with Gasteiger partial charge in [0.2, 0.25) is 0 Å². The van der Waals surface area contributed by atoms with E-state index in [9.17, 15) is 4.79 Å². The van der Waals surface area contributed by atoms with Crippen LogP contribution >= 0.6 is 0 Å². The molecule has 1 amide bonds. The van der Waals surface area contributed by atoms with Gasteiger partial charge in [-0.2, -0.15) is 0 Å². The van der Waals surface area contributed by atoms with Gasteiger partial charge in [-0.25, -0.2) is 0 Å². The van der Waals surface area contributed by atoms with Gasteiger partial charge in [0.05, 0.1) is 0 Å². The van der Waals surface area contributed by atoms with Crippen molar-refractivity contribution < 1.29 is 9.21 Å². The Morgan fingerprint density at radius 2 is 2.39 bits per heavy atom. The lowest BCUT2D eigenvalue weighted by Gasteiger charge is -2.24. The summed E-state index contributed by atoms with van der Waals surface area (Å²) in [5, 5.41) is 3.51. The van der Waals surface area contributed by atoms with E-state index in [-0.39, 0.29) is 5.91 Å². The third-order valence-electron chi connectivity index (χ3n) is 4.11. The predicted molar refractivity (Wildman–Crippen MR) is 68.5 cm³/mol. The van der Waals surface area contributed by atoms with Gasteiger partial charge >= 0.3 is 0 Å². The Kier molecular flexibility index (Phi) is 3.12. The van der Waals surface area contributed by atoms with Gasteiger partial charge in [-0.3, -0.25) is 4.79 Å². The van der Waals surface area contributed by atoms with Gasteiger partial charge in [0.15, 0.2) is 5.76 Å². The van der Waals surface area contributed by atoms with Crippen LogP contribution in [0.3, 0.4) is 0 Å². The van der Waals surface area contributed by atoms with E-state index in [0.29, 0.717) is 17.7 Å². The van der Waals surface area contributed by atoms with Crippen molar-refractivity contribution in [3.8, 4) is 0 Å². The molecule has 2 atom stereocenters. The topological polar surface area (TPSA) is 45.5 Å². The van der Waals surface area contributed by atoms with E-state index in [1.165, 1.54) is 12.8 Å². The number of carbonyl (C=O) groups excluding carboxylic acids is 1. The summed E-state index contributed by atoms with van der Waals surface area (Å²) in [6, 6.07) is 4.19. The van der Waals surface area contributed by atoms with Crippen molar-refractivity contribution in [2.45, 2.75) is 32.2 Å². The lowest BCUT2D eigenvalue weighted by Crippen LogP contribution is -2.41. The molecule has 18 heavy (non-hydrogen) atoms. The summed E-state index contributed by atoms with van der Waals surface area (Å²) >= 11 is 0. The summed E-state index contributed by atoms with van der Waals surface area (Å²) in [6.07, 6.45) is 3.30. The molecule has 0 spiro atoms. The van der Waals surface area contributed by atoms with E-state index in [4.69, 9.17) is 4.42 Å². The van der Waals surface area contributed by atoms with Crippen molar-refractivity contribution in [3.63, 3.8) is 0 Å². The van der Waals surface area contributed by atoms with Gasteiger partial charge < -0.3 is 14.6 Å². The molecule has 98 valence electrons. The summed E-state index contributed by atoms with van der Waals surface area (Å²) in [6.45, 7) is 4.82. The molecule has 1 aromatic rings. The second kappa shape index (κ2) is 4.76. The quantitative estimate of drug-likeness (QED) is 0.866. The molecule has 2 saturated heterocycles. The molecule has 2 aliphatic heterocycles. The number of piperidine rings is 1. The Labute approximate surface area is 107 Å². The van der Waals surface area contributed by atoms with E-state index in [1.807, 2.05) is 17.9 Å². The van der Waals surface area contributed by atoms with Crippen LogP contribution in [0.4, 0.5) is 0 Å². The largest absolute Gasteiger partial charge is 0.456 e. The minimum atomic E-state index is 0.0471. The molecule has 0 bridgehead atoms. The van der Waals surface area contributed by atoms with Gasteiger partial charge in [-0.05, 0) is 37.4 Å². The zero-order valence-corrected chi connectivity index (χ0v) is 10.8. The van der Waals surface area contributed by atoms with Gasteiger partial charge in [0.25, 0.3) is 5.91 Å². The van der Waals surface area contributed by atoms with Gasteiger partial charge in [-0.1, -0.05) is 6.92 Å². The predicted octanol–water partition coefficient (Wildman–Crippen LogP) is 1.67. The smallest absolute Gasteiger partial charge is 0.289 e. The Hall–Kier alpha value is -1.29. The molecule has 2 aliphatic rings.